The molecule has 0 saturated heterocycles. The van der Waals surface area contributed by atoms with Crippen LogP contribution in [0.25, 0.3) is 98.4 Å². The molecule has 10 rings (SSSR count). The Morgan fingerprint density at radius 2 is 0.894 bits per heavy atom. The lowest BCUT2D eigenvalue weighted by Gasteiger charge is -2.19. The standard InChI is InChI=1S/C46H28O/c1-2-12-30-27-32(24-23-29(30)11-1)31-13-9-14-33(28-31)44-37-15-3-5-17-39(37)45(40-18-6-4-16-38(40)44)35-20-10-21-36-34(35)25-26-43-46(36)41-19-7-8-22-42(41)47-43/h1-28H. The van der Waals surface area contributed by atoms with Crippen LogP contribution in [0.3, 0.4) is 0 Å². The molecule has 1 heteroatoms. The number of rotatable bonds is 3. The van der Waals surface area contributed by atoms with Crippen LogP contribution in [0.15, 0.2) is 174 Å². The van der Waals surface area contributed by atoms with Crippen LogP contribution in [0.4, 0.5) is 0 Å². The third-order valence-electron chi connectivity index (χ3n) is 9.83. The van der Waals surface area contributed by atoms with Crippen molar-refractivity contribution in [1.29, 1.82) is 0 Å². The molecule has 0 amide bonds. The molecule has 0 saturated carbocycles. The summed E-state index contributed by atoms with van der Waals surface area (Å²) in [4.78, 5) is 0. The van der Waals surface area contributed by atoms with Gasteiger partial charge >= 0.3 is 0 Å². The summed E-state index contributed by atoms with van der Waals surface area (Å²) < 4.78 is 6.27. The molecule has 47 heavy (non-hydrogen) atoms. The van der Waals surface area contributed by atoms with E-state index in [1.54, 1.807) is 0 Å². The Morgan fingerprint density at radius 3 is 1.68 bits per heavy atom. The molecular formula is C46H28O. The van der Waals surface area contributed by atoms with Crippen molar-refractivity contribution in [3.63, 3.8) is 0 Å². The number of furan rings is 1. The summed E-state index contributed by atoms with van der Waals surface area (Å²) >= 11 is 0. The van der Waals surface area contributed by atoms with E-state index in [0.29, 0.717) is 0 Å². The van der Waals surface area contributed by atoms with Crippen molar-refractivity contribution < 1.29 is 4.42 Å². The molecule has 1 nitrogen and oxygen atoms in total. The number of benzene rings is 9. The quantitative estimate of drug-likeness (QED) is 0.185. The largest absolute Gasteiger partial charge is 0.456 e. The Bertz CT molecular complexity index is 2800. The van der Waals surface area contributed by atoms with E-state index in [0.717, 1.165) is 16.6 Å². The molecule has 0 atom stereocenters. The van der Waals surface area contributed by atoms with Gasteiger partial charge in [0, 0.05) is 10.8 Å². The third kappa shape index (κ3) is 3.97. The minimum absolute atomic E-state index is 0.923. The smallest absolute Gasteiger partial charge is 0.136 e. The van der Waals surface area contributed by atoms with E-state index >= 15 is 0 Å². The normalized spacial score (nSPS) is 11.8. The number of hydrogen-bond acceptors (Lipinski definition) is 1. The topological polar surface area (TPSA) is 13.1 Å². The molecule has 0 unspecified atom stereocenters. The van der Waals surface area contributed by atoms with Gasteiger partial charge in [0.1, 0.15) is 11.2 Å². The van der Waals surface area contributed by atoms with Gasteiger partial charge in [-0.05, 0) is 101 Å². The van der Waals surface area contributed by atoms with Crippen molar-refractivity contribution in [2.45, 2.75) is 0 Å². The molecule has 0 fully saturated rings. The third-order valence-corrected chi connectivity index (χ3v) is 9.83. The predicted molar refractivity (Wildman–Crippen MR) is 200 cm³/mol. The van der Waals surface area contributed by atoms with E-state index in [1.807, 2.05) is 6.07 Å². The Hall–Kier alpha value is -6.18. The van der Waals surface area contributed by atoms with Crippen LogP contribution < -0.4 is 0 Å². The highest BCUT2D eigenvalue weighted by atomic mass is 16.3. The fourth-order valence-corrected chi connectivity index (χ4v) is 7.75. The maximum atomic E-state index is 6.27. The van der Waals surface area contributed by atoms with Gasteiger partial charge in [0.15, 0.2) is 0 Å². The van der Waals surface area contributed by atoms with Crippen LogP contribution in [0, 0.1) is 0 Å². The summed E-state index contributed by atoms with van der Waals surface area (Å²) in [5.74, 6) is 0. The molecule has 0 aliphatic rings. The van der Waals surface area contributed by atoms with Gasteiger partial charge in [-0.25, -0.2) is 0 Å². The van der Waals surface area contributed by atoms with Gasteiger partial charge < -0.3 is 4.42 Å². The number of hydrogen-bond donors (Lipinski definition) is 0. The first kappa shape index (κ1) is 26.1. The Labute approximate surface area is 271 Å². The SMILES string of the molecule is c1cc(-c2ccc3ccccc3c2)cc(-c2c3ccccc3c(-c3cccc4c3ccc3oc5ccccc5c34)c3ccccc23)c1. The van der Waals surface area contributed by atoms with E-state index < -0.39 is 0 Å². The van der Waals surface area contributed by atoms with E-state index in [-0.39, 0.29) is 0 Å². The Morgan fingerprint density at radius 1 is 0.298 bits per heavy atom. The summed E-state index contributed by atoms with van der Waals surface area (Å²) in [6, 6.07) is 61.6. The fraction of sp³-hybridized carbons (Fsp3) is 0. The molecular weight excluding hydrogens is 569 g/mol. The molecule has 1 heterocycles. The van der Waals surface area contributed by atoms with Gasteiger partial charge in [-0.15, -0.1) is 0 Å². The second-order valence-electron chi connectivity index (χ2n) is 12.4. The van der Waals surface area contributed by atoms with Crippen LogP contribution in [-0.2, 0) is 0 Å². The maximum Gasteiger partial charge on any atom is 0.136 e. The Balaban J connectivity index is 1.25. The van der Waals surface area contributed by atoms with Crippen molar-refractivity contribution in [3.8, 4) is 33.4 Å². The molecule has 0 spiro atoms. The molecule has 0 radical (unpaired) electrons. The lowest BCUT2D eigenvalue weighted by molar-refractivity contribution is 0.669. The summed E-state index contributed by atoms with van der Waals surface area (Å²) in [5.41, 5.74) is 9.28. The highest BCUT2D eigenvalue weighted by molar-refractivity contribution is 6.26. The van der Waals surface area contributed by atoms with Crippen LogP contribution >= 0.6 is 0 Å². The minimum atomic E-state index is 0.923. The first-order valence-corrected chi connectivity index (χ1v) is 16.2. The van der Waals surface area contributed by atoms with Crippen LogP contribution in [0.2, 0.25) is 0 Å². The molecule has 0 aliphatic carbocycles. The van der Waals surface area contributed by atoms with Gasteiger partial charge in [-0.3, -0.25) is 0 Å². The molecule has 1 aromatic heterocycles. The lowest BCUT2D eigenvalue weighted by Crippen LogP contribution is -1.92. The second kappa shape index (κ2) is 10.2. The highest BCUT2D eigenvalue weighted by Gasteiger charge is 2.19. The zero-order chi connectivity index (χ0) is 30.9. The molecule has 0 aliphatic heterocycles. The fourth-order valence-electron chi connectivity index (χ4n) is 7.75. The van der Waals surface area contributed by atoms with Crippen molar-refractivity contribution in [2.75, 3.05) is 0 Å². The lowest BCUT2D eigenvalue weighted by atomic mass is 9.84. The first-order chi connectivity index (χ1) is 23.3. The zero-order valence-electron chi connectivity index (χ0n) is 25.6. The van der Waals surface area contributed by atoms with Gasteiger partial charge in [-0.2, -0.15) is 0 Å². The monoisotopic (exact) mass is 596 g/mol. The van der Waals surface area contributed by atoms with Crippen molar-refractivity contribution in [3.05, 3.63) is 170 Å². The molecule has 0 N–H and O–H groups in total. The van der Waals surface area contributed by atoms with E-state index in [1.165, 1.54) is 81.9 Å². The second-order valence-corrected chi connectivity index (χ2v) is 12.4. The van der Waals surface area contributed by atoms with E-state index in [4.69, 9.17) is 4.42 Å². The van der Waals surface area contributed by atoms with Crippen molar-refractivity contribution >= 4 is 65.0 Å². The van der Waals surface area contributed by atoms with Gasteiger partial charge in [0.05, 0.1) is 0 Å². The van der Waals surface area contributed by atoms with Crippen molar-refractivity contribution in [2.24, 2.45) is 0 Å². The molecule has 0 bridgehead atoms. The highest BCUT2D eigenvalue weighted by Crippen LogP contribution is 2.47. The molecule has 10 aromatic rings. The summed E-state index contributed by atoms with van der Waals surface area (Å²) in [6.45, 7) is 0. The van der Waals surface area contributed by atoms with Gasteiger partial charge in [0.25, 0.3) is 0 Å². The van der Waals surface area contributed by atoms with E-state index in [2.05, 4.69) is 164 Å². The van der Waals surface area contributed by atoms with Crippen LogP contribution in [-0.4, -0.2) is 0 Å². The van der Waals surface area contributed by atoms with E-state index in [9.17, 15) is 0 Å². The average molecular weight is 597 g/mol. The van der Waals surface area contributed by atoms with Crippen LogP contribution in [0.5, 0.6) is 0 Å². The average Bonchev–Trinajstić information content (AvgIpc) is 3.53. The zero-order valence-corrected chi connectivity index (χ0v) is 25.6. The van der Waals surface area contributed by atoms with Gasteiger partial charge in [-0.1, -0.05) is 146 Å². The number of para-hydroxylation sites is 1. The Kier molecular flexibility index (Phi) is 5.64. The minimum Gasteiger partial charge on any atom is -0.456 e. The van der Waals surface area contributed by atoms with Gasteiger partial charge in [0.2, 0.25) is 0 Å². The van der Waals surface area contributed by atoms with Crippen LogP contribution in [0.1, 0.15) is 0 Å². The maximum absolute atomic E-state index is 6.27. The first-order valence-electron chi connectivity index (χ1n) is 16.2. The number of fused-ring (bicyclic) bond motifs is 8. The summed E-state index contributed by atoms with van der Waals surface area (Å²) in [5, 5.41) is 12.3. The summed E-state index contributed by atoms with van der Waals surface area (Å²) in [7, 11) is 0. The predicted octanol–water partition coefficient (Wildman–Crippen LogP) is 13.2. The summed E-state index contributed by atoms with van der Waals surface area (Å²) in [6.07, 6.45) is 0. The molecule has 9 aromatic carbocycles. The molecule has 218 valence electrons. The van der Waals surface area contributed by atoms with Crippen molar-refractivity contribution in [1.82, 2.24) is 0 Å².